The van der Waals surface area contributed by atoms with Crippen molar-refractivity contribution in [1.29, 1.82) is 0 Å². The molecule has 0 aliphatic carbocycles. The summed E-state index contributed by atoms with van der Waals surface area (Å²) in [5.41, 5.74) is 0.939. The normalized spacial score (nSPS) is 10.8. The van der Waals surface area contributed by atoms with Gasteiger partial charge in [0.2, 0.25) is 0 Å². The van der Waals surface area contributed by atoms with E-state index in [9.17, 15) is 0 Å². The third-order valence-corrected chi connectivity index (χ3v) is 3.06. The Morgan fingerprint density at radius 1 is 1.29 bits per heavy atom. The van der Waals surface area contributed by atoms with E-state index in [1.807, 2.05) is 41.2 Å². The molecule has 3 nitrogen and oxygen atoms in total. The van der Waals surface area contributed by atoms with E-state index in [-0.39, 0.29) is 0 Å². The summed E-state index contributed by atoms with van der Waals surface area (Å²) in [5.74, 6) is 0.839. The zero-order chi connectivity index (χ0) is 12.3. The molecular weight excluding hydrogens is 280 g/mol. The number of para-hydroxylation sites is 1. The van der Waals surface area contributed by atoms with Gasteiger partial charge in [0.25, 0.3) is 0 Å². The standard InChI is InChI=1S/C13H15BrN2O/c1-10(2)16-8-7-11(15-16)9-17-13-6-4-3-5-12(13)14/h3-8,10H,9H2,1-2H3. The van der Waals surface area contributed by atoms with E-state index >= 15 is 0 Å². The van der Waals surface area contributed by atoms with Gasteiger partial charge in [-0.2, -0.15) is 5.10 Å². The number of hydrogen-bond acceptors (Lipinski definition) is 2. The van der Waals surface area contributed by atoms with Gasteiger partial charge >= 0.3 is 0 Å². The Hall–Kier alpha value is -1.29. The minimum atomic E-state index is 0.382. The fourth-order valence-corrected chi connectivity index (χ4v) is 1.85. The quantitative estimate of drug-likeness (QED) is 0.857. The molecule has 0 bridgehead atoms. The summed E-state index contributed by atoms with van der Waals surface area (Å²) in [5, 5.41) is 4.43. The summed E-state index contributed by atoms with van der Waals surface area (Å²) in [6.45, 7) is 4.69. The Bertz CT molecular complexity index is 494. The van der Waals surface area contributed by atoms with Gasteiger partial charge in [-0.15, -0.1) is 0 Å². The van der Waals surface area contributed by atoms with Gasteiger partial charge in [-0.05, 0) is 48.0 Å². The first-order valence-electron chi connectivity index (χ1n) is 5.58. The number of nitrogens with zero attached hydrogens (tertiary/aromatic N) is 2. The number of halogens is 1. The summed E-state index contributed by atoms with van der Waals surface area (Å²) in [6, 6.07) is 10.2. The molecule has 17 heavy (non-hydrogen) atoms. The molecule has 0 aliphatic rings. The molecule has 0 spiro atoms. The van der Waals surface area contributed by atoms with Gasteiger partial charge in [-0.25, -0.2) is 0 Å². The van der Waals surface area contributed by atoms with Crippen LogP contribution in [0.15, 0.2) is 41.0 Å². The van der Waals surface area contributed by atoms with Gasteiger partial charge in [-0.1, -0.05) is 12.1 Å². The van der Waals surface area contributed by atoms with Crippen molar-refractivity contribution < 1.29 is 4.74 Å². The van der Waals surface area contributed by atoms with Crippen LogP contribution in [0, 0.1) is 0 Å². The summed E-state index contributed by atoms with van der Waals surface area (Å²) in [6.07, 6.45) is 1.98. The number of hydrogen-bond donors (Lipinski definition) is 0. The molecule has 0 fully saturated rings. The van der Waals surface area contributed by atoms with Crippen molar-refractivity contribution in [3.63, 3.8) is 0 Å². The van der Waals surface area contributed by atoms with Crippen molar-refractivity contribution in [2.45, 2.75) is 26.5 Å². The van der Waals surface area contributed by atoms with Gasteiger partial charge in [0, 0.05) is 12.2 Å². The van der Waals surface area contributed by atoms with Crippen LogP contribution in [0.2, 0.25) is 0 Å². The predicted molar refractivity (Wildman–Crippen MR) is 71.1 cm³/mol. The lowest BCUT2D eigenvalue weighted by Gasteiger charge is -2.06. The van der Waals surface area contributed by atoms with Crippen molar-refractivity contribution in [1.82, 2.24) is 9.78 Å². The van der Waals surface area contributed by atoms with Crippen molar-refractivity contribution in [2.24, 2.45) is 0 Å². The van der Waals surface area contributed by atoms with E-state index < -0.39 is 0 Å². The molecule has 1 heterocycles. The second-order valence-electron chi connectivity index (χ2n) is 4.10. The predicted octanol–water partition coefficient (Wildman–Crippen LogP) is 3.81. The van der Waals surface area contributed by atoms with Gasteiger partial charge in [0.1, 0.15) is 12.4 Å². The maximum absolute atomic E-state index is 5.69. The lowest BCUT2D eigenvalue weighted by molar-refractivity contribution is 0.297. The molecule has 0 N–H and O–H groups in total. The molecule has 90 valence electrons. The maximum Gasteiger partial charge on any atom is 0.134 e. The van der Waals surface area contributed by atoms with Crippen LogP contribution in [0.25, 0.3) is 0 Å². The van der Waals surface area contributed by atoms with Crippen LogP contribution in [0.5, 0.6) is 5.75 Å². The molecule has 0 atom stereocenters. The molecule has 2 rings (SSSR count). The lowest BCUT2D eigenvalue weighted by Crippen LogP contribution is -2.03. The second-order valence-corrected chi connectivity index (χ2v) is 4.95. The Morgan fingerprint density at radius 2 is 2.06 bits per heavy atom. The minimum Gasteiger partial charge on any atom is -0.486 e. The average Bonchev–Trinajstić information content (AvgIpc) is 2.77. The maximum atomic E-state index is 5.69. The molecular formula is C13H15BrN2O. The van der Waals surface area contributed by atoms with Crippen LogP contribution in [-0.4, -0.2) is 9.78 Å². The topological polar surface area (TPSA) is 27.1 Å². The minimum absolute atomic E-state index is 0.382. The van der Waals surface area contributed by atoms with Crippen LogP contribution in [0.3, 0.4) is 0 Å². The smallest absolute Gasteiger partial charge is 0.134 e. The van der Waals surface area contributed by atoms with E-state index in [2.05, 4.69) is 34.9 Å². The van der Waals surface area contributed by atoms with E-state index in [0.29, 0.717) is 12.6 Å². The molecule has 0 unspecified atom stereocenters. The Morgan fingerprint density at radius 3 is 2.71 bits per heavy atom. The number of aromatic nitrogens is 2. The van der Waals surface area contributed by atoms with Crippen LogP contribution < -0.4 is 4.74 Å². The monoisotopic (exact) mass is 294 g/mol. The van der Waals surface area contributed by atoms with Crippen LogP contribution in [0.1, 0.15) is 25.6 Å². The highest BCUT2D eigenvalue weighted by Crippen LogP contribution is 2.24. The third kappa shape index (κ3) is 3.09. The second kappa shape index (κ2) is 5.36. The summed E-state index contributed by atoms with van der Waals surface area (Å²) in [7, 11) is 0. The molecule has 1 aromatic heterocycles. The van der Waals surface area contributed by atoms with Crippen molar-refractivity contribution in [3.8, 4) is 5.75 Å². The van der Waals surface area contributed by atoms with Crippen molar-refractivity contribution >= 4 is 15.9 Å². The number of ether oxygens (including phenoxy) is 1. The average molecular weight is 295 g/mol. The van der Waals surface area contributed by atoms with E-state index in [1.54, 1.807) is 0 Å². The first-order valence-corrected chi connectivity index (χ1v) is 6.37. The van der Waals surface area contributed by atoms with Gasteiger partial charge in [0.05, 0.1) is 10.2 Å². The highest BCUT2D eigenvalue weighted by molar-refractivity contribution is 9.10. The zero-order valence-electron chi connectivity index (χ0n) is 9.93. The Balaban J connectivity index is 2.00. The van der Waals surface area contributed by atoms with Crippen molar-refractivity contribution in [2.75, 3.05) is 0 Å². The van der Waals surface area contributed by atoms with Crippen molar-refractivity contribution in [3.05, 3.63) is 46.7 Å². The SMILES string of the molecule is CC(C)n1ccc(COc2ccccc2Br)n1. The molecule has 0 amide bonds. The highest BCUT2D eigenvalue weighted by Gasteiger charge is 2.04. The van der Waals surface area contributed by atoms with E-state index in [1.165, 1.54) is 0 Å². The van der Waals surface area contributed by atoms with Gasteiger partial charge in [0.15, 0.2) is 0 Å². The van der Waals surface area contributed by atoms with E-state index in [0.717, 1.165) is 15.9 Å². The van der Waals surface area contributed by atoms with E-state index in [4.69, 9.17) is 4.74 Å². The number of benzene rings is 1. The summed E-state index contributed by atoms with van der Waals surface area (Å²) >= 11 is 3.45. The van der Waals surface area contributed by atoms with Crippen LogP contribution >= 0.6 is 15.9 Å². The fourth-order valence-electron chi connectivity index (χ4n) is 1.46. The van der Waals surface area contributed by atoms with Gasteiger partial charge < -0.3 is 4.74 Å². The Kier molecular flexibility index (Phi) is 3.84. The third-order valence-electron chi connectivity index (χ3n) is 2.40. The molecule has 0 aliphatic heterocycles. The highest BCUT2D eigenvalue weighted by atomic mass is 79.9. The van der Waals surface area contributed by atoms with Crippen LogP contribution in [-0.2, 0) is 6.61 Å². The molecule has 0 saturated carbocycles. The fraction of sp³-hybridized carbons (Fsp3) is 0.308. The lowest BCUT2D eigenvalue weighted by atomic mass is 10.3. The first-order chi connectivity index (χ1) is 8.16. The summed E-state index contributed by atoms with van der Waals surface area (Å²) in [4.78, 5) is 0. The van der Waals surface area contributed by atoms with Crippen LogP contribution in [0.4, 0.5) is 0 Å². The molecule has 0 saturated heterocycles. The molecule has 4 heteroatoms. The van der Waals surface area contributed by atoms with Gasteiger partial charge in [-0.3, -0.25) is 4.68 Å². The Labute approximate surface area is 110 Å². The zero-order valence-corrected chi connectivity index (χ0v) is 11.5. The summed E-state index contributed by atoms with van der Waals surface area (Å²) < 4.78 is 8.58. The largest absolute Gasteiger partial charge is 0.486 e. The molecule has 2 aromatic rings. The molecule has 1 aromatic carbocycles. The first kappa shape index (κ1) is 12.2. The molecule has 0 radical (unpaired) electrons. The number of rotatable bonds is 4.